The van der Waals surface area contributed by atoms with Gasteiger partial charge in [0.2, 0.25) is 0 Å². The van der Waals surface area contributed by atoms with Gasteiger partial charge in [0.1, 0.15) is 5.82 Å². The van der Waals surface area contributed by atoms with Gasteiger partial charge in [0.15, 0.2) is 5.60 Å². The lowest BCUT2D eigenvalue weighted by atomic mass is 9.91. The number of likely N-dealkylation sites (tertiary alicyclic amines) is 1. The average molecular weight is 377 g/mol. The number of halogens is 2. The second kappa shape index (κ2) is 8.16. The highest BCUT2D eigenvalue weighted by atomic mass is 35.5. The summed E-state index contributed by atoms with van der Waals surface area (Å²) in [5.74, 6) is -0.673. The lowest BCUT2D eigenvalue weighted by Crippen LogP contribution is -2.57. The van der Waals surface area contributed by atoms with Crippen LogP contribution in [0.3, 0.4) is 0 Å². The van der Waals surface area contributed by atoms with E-state index in [0.29, 0.717) is 36.6 Å². The first-order valence-corrected chi connectivity index (χ1v) is 9.05. The van der Waals surface area contributed by atoms with E-state index in [4.69, 9.17) is 11.6 Å². The number of hydrogen-bond donors (Lipinski definition) is 2. The summed E-state index contributed by atoms with van der Waals surface area (Å²) in [6, 6.07) is 14.0. The monoisotopic (exact) mass is 376 g/mol. The minimum atomic E-state index is -1.44. The topological polar surface area (TPSA) is 52.6 Å². The van der Waals surface area contributed by atoms with Crippen molar-refractivity contribution in [1.29, 1.82) is 0 Å². The summed E-state index contributed by atoms with van der Waals surface area (Å²) in [7, 11) is 0. The molecular weight excluding hydrogens is 355 g/mol. The fraction of sp³-hybridized carbons (Fsp3) is 0.350. The van der Waals surface area contributed by atoms with E-state index in [-0.39, 0.29) is 12.5 Å². The molecule has 26 heavy (non-hydrogen) atoms. The maximum Gasteiger partial charge on any atom is 0.256 e. The van der Waals surface area contributed by atoms with Crippen LogP contribution in [-0.4, -0.2) is 34.6 Å². The number of aliphatic hydroxyl groups is 1. The summed E-state index contributed by atoms with van der Waals surface area (Å²) in [4.78, 5) is 14.5. The molecule has 1 fully saturated rings. The summed E-state index contributed by atoms with van der Waals surface area (Å²) < 4.78 is 13.4. The summed E-state index contributed by atoms with van der Waals surface area (Å²) in [6.07, 6.45) is 1.15. The number of benzene rings is 2. The molecule has 0 radical (unpaired) electrons. The highest BCUT2D eigenvalue weighted by Crippen LogP contribution is 2.24. The Morgan fingerprint density at radius 2 is 1.96 bits per heavy atom. The van der Waals surface area contributed by atoms with Gasteiger partial charge in [0, 0.05) is 31.2 Å². The first kappa shape index (κ1) is 18.8. The maximum atomic E-state index is 13.4. The molecule has 0 spiro atoms. The fourth-order valence-corrected chi connectivity index (χ4v) is 3.55. The van der Waals surface area contributed by atoms with E-state index in [1.165, 1.54) is 12.1 Å². The molecule has 1 aliphatic rings. The van der Waals surface area contributed by atoms with Gasteiger partial charge in [-0.15, -0.1) is 0 Å². The molecule has 2 N–H and O–H groups in total. The number of carbonyl (C=O) groups is 1. The molecule has 0 saturated carbocycles. The molecule has 2 aromatic carbocycles. The standard InChI is InChI=1S/C20H22ClFN2O2/c21-17-9-16(10-18(22)11-17)12-23-14-20(26)7-4-8-24(19(20)25)13-15-5-2-1-3-6-15/h1-3,5-6,9-11,23,26H,4,7-8,12-14H2/t20-/m1/s1. The van der Waals surface area contributed by atoms with Crippen molar-refractivity contribution >= 4 is 17.5 Å². The molecule has 1 atom stereocenters. The average Bonchev–Trinajstić information content (AvgIpc) is 2.59. The van der Waals surface area contributed by atoms with E-state index in [2.05, 4.69) is 5.32 Å². The van der Waals surface area contributed by atoms with Crippen LogP contribution in [0.15, 0.2) is 48.5 Å². The van der Waals surface area contributed by atoms with Gasteiger partial charge in [-0.1, -0.05) is 41.9 Å². The molecule has 0 aliphatic carbocycles. The van der Waals surface area contributed by atoms with E-state index < -0.39 is 11.4 Å². The third-order valence-corrected chi connectivity index (χ3v) is 4.81. The van der Waals surface area contributed by atoms with Gasteiger partial charge >= 0.3 is 0 Å². The summed E-state index contributed by atoms with van der Waals surface area (Å²) in [5, 5.41) is 14.2. The Balaban J connectivity index is 1.60. The summed E-state index contributed by atoms with van der Waals surface area (Å²) in [6.45, 7) is 1.56. The van der Waals surface area contributed by atoms with Crippen LogP contribution in [0, 0.1) is 5.82 Å². The zero-order chi connectivity index (χ0) is 18.6. The first-order chi connectivity index (χ1) is 12.5. The minimum absolute atomic E-state index is 0.116. The van der Waals surface area contributed by atoms with Gasteiger partial charge in [0.25, 0.3) is 5.91 Å². The van der Waals surface area contributed by atoms with Crippen LogP contribution in [0.25, 0.3) is 0 Å². The summed E-state index contributed by atoms with van der Waals surface area (Å²) in [5.41, 5.74) is 0.264. The fourth-order valence-electron chi connectivity index (χ4n) is 3.31. The van der Waals surface area contributed by atoms with Crippen molar-refractivity contribution in [2.75, 3.05) is 13.1 Å². The number of nitrogens with one attached hydrogen (secondary N) is 1. The van der Waals surface area contributed by atoms with Gasteiger partial charge in [0.05, 0.1) is 0 Å². The summed E-state index contributed by atoms with van der Waals surface area (Å²) >= 11 is 5.85. The first-order valence-electron chi connectivity index (χ1n) is 8.68. The lowest BCUT2D eigenvalue weighted by Gasteiger charge is -2.38. The predicted molar refractivity (Wildman–Crippen MR) is 99.2 cm³/mol. The molecule has 2 aromatic rings. The van der Waals surface area contributed by atoms with Crippen LogP contribution in [0.5, 0.6) is 0 Å². The Bertz CT molecular complexity index is 751. The largest absolute Gasteiger partial charge is 0.379 e. The van der Waals surface area contributed by atoms with Gasteiger partial charge in [-0.3, -0.25) is 4.79 Å². The van der Waals surface area contributed by atoms with Crippen LogP contribution < -0.4 is 5.32 Å². The Kier molecular flexibility index (Phi) is 5.91. The Morgan fingerprint density at radius 3 is 2.69 bits per heavy atom. The molecule has 0 aromatic heterocycles. The molecule has 1 aliphatic heterocycles. The Labute approximate surface area is 157 Å². The van der Waals surface area contributed by atoms with E-state index >= 15 is 0 Å². The molecule has 4 nitrogen and oxygen atoms in total. The number of rotatable bonds is 6. The second-order valence-corrected chi connectivity index (χ2v) is 7.17. The van der Waals surface area contributed by atoms with Crippen molar-refractivity contribution < 1.29 is 14.3 Å². The highest BCUT2D eigenvalue weighted by Gasteiger charge is 2.41. The number of carbonyl (C=O) groups excluding carboxylic acids is 1. The number of hydrogen-bond acceptors (Lipinski definition) is 3. The quantitative estimate of drug-likeness (QED) is 0.814. The molecule has 6 heteroatoms. The number of amides is 1. The lowest BCUT2D eigenvalue weighted by molar-refractivity contribution is -0.157. The van der Waals surface area contributed by atoms with Gasteiger partial charge in [-0.05, 0) is 42.2 Å². The molecule has 1 saturated heterocycles. The molecular formula is C20H22ClFN2O2. The second-order valence-electron chi connectivity index (χ2n) is 6.73. The zero-order valence-corrected chi connectivity index (χ0v) is 15.2. The van der Waals surface area contributed by atoms with Crippen LogP contribution >= 0.6 is 11.6 Å². The van der Waals surface area contributed by atoms with Crippen molar-refractivity contribution in [1.82, 2.24) is 10.2 Å². The third kappa shape index (κ3) is 4.61. The third-order valence-electron chi connectivity index (χ3n) is 4.59. The molecule has 0 unspecified atom stereocenters. The van der Waals surface area contributed by atoms with E-state index in [9.17, 15) is 14.3 Å². The van der Waals surface area contributed by atoms with Gasteiger partial charge in [-0.2, -0.15) is 0 Å². The molecule has 138 valence electrons. The molecule has 1 heterocycles. The maximum absolute atomic E-state index is 13.4. The van der Waals surface area contributed by atoms with Crippen molar-refractivity contribution in [3.8, 4) is 0 Å². The van der Waals surface area contributed by atoms with Crippen molar-refractivity contribution in [3.63, 3.8) is 0 Å². The van der Waals surface area contributed by atoms with Crippen molar-refractivity contribution in [3.05, 3.63) is 70.5 Å². The van der Waals surface area contributed by atoms with Gasteiger partial charge < -0.3 is 15.3 Å². The van der Waals surface area contributed by atoms with Crippen molar-refractivity contribution in [2.24, 2.45) is 0 Å². The van der Waals surface area contributed by atoms with E-state index in [0.717, 1.165) is 12.0 Å². The Morgan fingerprint density at radius 1 is 1.19 bits per heavy atom. The number of nitrogens with zero attached hydrogens (tertiary/aromatic N) is 1. The highest BCUT2D eigenvalue weighted by molar-refractivity contribution is 6.30. The minimum Gasteiger partial charge on any atom is -0.379 e. The molecule has 1 amide bonds. The van der Waals surface area contributed by atoms with E-state index in [1.807, 2.05) is 30.3 Å². The Hall–Kier alpha value is -1.95. The zero-order valence-electron chi connectivity index (χ0n) is 14.4. The molecule has 3 rings (SSSR count). The number of piperidine rings is 1. The van der Waals surface area contributed by atoms with Crippen molar-refractivity contribution in [2.45, 2.75) is 31.5 Å². The molecule has 0 bridgehead atoms. The van der Waals surface area contributed by atoms with Crippen LogP contribution in [-0.2, 0) is 17.9 Å². The van der Waals surface area contributed by atoms with Crippen LogP contribution in [0.2, 0.25) is 5.02 Å². The smallest absolute Gasteiger partial charge is 0.256 e. The van der Waals surface area contributed by atoms with Gasteiger partial charge in [-0.25, -0.2) is 4.39 Å². The SMILES string of the molecule is O=C1N(Cc2ccccc2)CCC[C@@]1(O)CNCc1cc(F)cc(Cl)c1. The normalized spacial score (nSPS) is 20.4. The van der Waals surface area contributed by atoms with Crippen LogP contribution in [0.4, 0.5) is 4.39 Å². The predicted octanol–water partition coefficient (Wildman–Crippen LogP) is 3.12. The van der Waals surface area contributed by atoms with E-state index in [1.54, 1.807) is 11.0 Å². The van der Waals surface area contributed by atoms with Crippen LogP contribution in [0.1, 0.15) is 24.0 Å².